The molecule has 2 aromatic carbocycles. The molecule has 146 valence electrons. The van der Waals surface area contributed by atoms with E-state index in [4.69, 9.17) is 4.74 Å². The van der Waals surface area contributed by atoms with Crippen LogP contribution in [0.1, 0.15) is 11.3 Å². The molecule has 1 aromatic heterocycles. The summed E-state index contributed by atoms with van der Waals surface area (Å²) < 4.78 is 7.02. The van der Waals surface area contributed by atoms with E-state index in [-0.39, 0.29) is 25.3 Å². The van der Waals surface area contributed by atoms with Crippen molar-refractivity contribution in [3.05, 3.63) is 59.8 Å². The van der Waals surface area contributed by atoms with Crippen molar-refractivity contribution in [2.45, 2.75) is 12.8 Å². The highest BCUT2D eigenvalue weighted by atomic mass is 16.5. The molecule has 0 saturated heterocycles. The van der Waals surface area contributed by atoms with E-state index in [9.17, 15) is 14.7 Å². The Morgan fingerprint density at radius 3 is 2.64 bits per heavy atom. The third-order valence-electron chi connectivity index (χ3n) is 4.72. The maximum Gasteiger partial charge on any atom is 0.308 e. The number of aliphatic carboxylic acids is 1. The average molecular weight is 381 g/mol. The fraction of sp³-hybridized carbons (Fsp3) is 0.286. The molecule has 1 unspecified atom stereocenters. The molecular formula is C21H23N3O4. The molecule has 0 radical (unpaired) electrons. The van der Waals surface area contributed by atoms with Crippen LogP contribution in [0.2, 0.25) is 0 Å². The van der Waals surface area contributed by atoms with Crippen LogP contribution in [0.5, 0.6) is 5.75 Å². The summed E-state index contributed by atoms with van der Waals surface area (Å²) in [5, 5.41) is 17.6. The van der Waals surface area contributed by atoms with Crippen LogP contribution >= 0.6 is 0 Å². The summed E-state index contributed by atoms with van der Waals surface area (Å²) in [6, 6.07) is 15.0. The van der Waals surface area contributed by atoms with Crippen LogP contribution < -0.4 is 10.1 Å². The van der Waals surface area contributed by atoms with Gasteiger partial charge in [0.1, 0.15) is 5.75 Å². The zero-order valence-electron chi connectivity index (χ0n) is 15.9. The van der Waals surface area contributed by atoms with E-state index in [1.807, 2.05) is 49.5 Å². The van der Waals surface area contributed by atoms with Crippen molar-refractivity contribution >= 4 is 22.8 Å². The zero-order chi connectivity index (χ0) is 20.1. The number of ether oxygens (including phenoxy) is 1. The van der Waals surface area contributed by atoms with E-state index in [2.05, 4.69) is 10.4 Å². The monoisotopic (exact) mass is 381 g/mol. The zero-order valence-corrected chi connectivity index (χ0v) is 15.9. The van der Waals surface area contributed by atoms with Gasteiger partial charge in [-0.05, 0) is 24.1 Å². The lowest BCUT2D eigenvalue weighted by molar-refractivity contribution is -0.141. The van der Waals surface area contributed by atoms with Gasteiger partial charge in [0.25, 0.3) is 0 Å². The summed E-state index contributed by atoms with van der Waals surface area (Å²) in [4.78, 5) is 24.0. The highest BCUT2D eigenvalue weighted by molar-refractivity contribution is 5.87. The first-order valence-corrected chi connectivity index (χ1v) is 9.01. The molecule has 0 bridgehead atoms. The topological polar surface area (TPSA) is 93.5 Å². The molecule has 1 atom stereocenters. The number of amides is 1. The van der Waals surface area contributed by atoms with Crippen LogP contribution in [-0.4, -0.2) is 40.4 Å². The van der Waals surface area contributed by atoms with E-state index < -0.39 is 11.9 Å². The van der Waals surface area contributed by atoms with Gasteiger partial charge in [0.2, 0.25) is 5.91 Å². The quantitative estimate of drug-likeness (QED) is 0.624. The molecule has 7 nitrogen and oxygen atoms in total. The first kappa shape index (κ1) is 19.4. The Bertz CT molecular complexity index is 996. The number of para-hydroxylation sites is 2. The fourth-order valence-corrected chi connectivity index (χ4v) is 3.25. The third kappa shape index (κ3) is 4.31. The number of aryl methyl sites for hydroxylation is 1. The van der Waals surface area contributed by atoms with Crippen LogP contribution in [0.3, 0.4) is 0 Å². The van der Waals surface area contributed by atoms with Crippen molar-refractivity contribution in [3.63, 3.8) is 0 Å². The Kier molecular flexibility index (Phi) is 5.93. The van der Waals surface area contributed by atoms with Gasteiger partial charge in [0.15, 0.2) is 0 Å². The lowest BCUT2D eigenvalue weighted by Gasteiger charge is -2.15. The summed E-state index contributed by atoms with van der Waals surface area (Å²) in [6.07, 6.45) is 0.370. The number of hydrogen-bond acceptors (Lipinski definition) is 4. The number of carbonyl (C=O) groups is 2. The molecule has 7 heteroatoms. The van der Waals surface area contributed by atoms with Gasteiger partial charge in [-0.25, -0.2) is 0 Å². The highest BCUT2D eigenvalue weighted by Gasteiger charge is 2.21. The van der Waals surface area contributed by atoms with Crippen LogP contribution in [0, 0.1) is 5.92 Å². The summed E-state index contributed by atoms with van der Waals surface area (Å²) in [6.45, 7) is 0.0387. The molecule has 2 N–H and O–H groups in total. The number of carboxylic acid groups (broad SMARTS) is 1. The number of benzene rings is 2. The van der Waals surface area contributed by atoms with Crippen LogP contribution in [-0.2, 0) is 29.5 Å². The largest absolute Gasteiger partial charge is 0.496 e. The minimum Gasteiger partial charge on any atom is -0.496 e. The minimum absolute atomic E-state index is 0.0387. The van der Waals surface area contributed by atoms with Gasteiger partial charge in [0.05, 0.1) is 30.7 Å². The minimum atomic E-state index is -0.963. The van der Waals surface area contributed by atoms with Crippen molar-refractivity contribution < 1.29 is 19.4 Å². The second-order valence-corrected chi connectivity index (χ2v) is 6.62. The van der Waals surface area contributed by atoms with Crippen LogP contribution in [0.15, 0.2) is 48.5 Å². The fourth-order valence-electron chi connectivity index (χ4n) is 3.25. The summed E-state index contributed by atoms with van der Waals surface area (Å²) in [5.74, 6) is -1.33. The molecule has 0 saturated carbocycles. The van der Waals surface area contributed by atoms with Gasteiger partial charge < -0.3 is 15.2 Å². The number of rotatable bonds is 8. The molecule has 0 aliphatic rings. The molecule has 0 spiro atoms. The first-order valence-electron chi connectivity index (χ1n) is 9.01. The number of carboxylic acids is 1. The van der Waals surface area contributed by atoms with Crippen molar-refractivity contribution in [2.75, 3.05) is 13.7 Å². The smallest absolute Gasteiger partial charge is 0.308 e. The summed E-state index contributed by atoms with van der Waals surface area (Å²) >= 11 is 0. The van der Waals surface area contributed by atoms with Crippen molar-refractivity contribution in [1.82, 2.24) is 15.1 Å². The van der Waals surface area contributed by atoms with E-state index >= 15 is 0 Å². The molecule has 3 aromatic rings. The lowest BCUT2D eigenvalue weighted by Crippen LogP contribution is -2.35. The number of methoxy groups -OCH3 is 1. The number of aromatic nitrogens is 2. The van der Waals surface area contributed by atoms with Crippen molar-refractivity contribution in [3.8, 4) is 5.75 Å². The predicted octanol–water partition coefficient (Wildman–Crippen LogP) is 2.18. The third-order valence-corrected chi connectivity index (χ3v) is 4.72. The maximum absolute atomic E-state index is 12.4. The SMILES string of the molecule is COc1ccccc1CC(CNC(=O)Cc1nn(C)c2ccccc12)C(=O)O. The Balaban J connectivity index is 1.65. The Morgan fingerprint density at radius 2 is 1.89 bits per heavy atom. The van der Waals surface area contributed by atoms with E-state index in [1.165, 1.54) is 0 Å². The summed E-state index contributed by atoms with van der Waals surface area (Å²) in [7, 11) is 3.38. The van der Waals surface area contributed by atoms with Gasteiger partial charge in [-0.15, -0.1) is 0 Å². The first-order chi connectivity index (χ1) is 13.5. The summed E-state index contributed by atoms with van der Waals surface area (Å²) in [5.41, 5.74) is 2.42. The Hall–Kier alpha value is -3.35. The van der Waals surface area contributed by atoms with Crippen molar-refractivity contribution in [2.24, 2.45) is 13.0 Å². The average Bonchev–Trinajstić information content (AvgIpc) is 3.01. The number of nitrogens with one attached hydrogen (secondary N) is 1. The van der Waals surface area contributed by atoms with Crippen molar-refractivity contribution in [1.29, 1.82) is 0 Å². The number of hydrogen-bond donors (Lipinski definition) is 2. The molecular weight excluding hydrogens is 358 g/mol. The van der Waals surface area contributed by atoms with Gasteiger partial charge in [-0.1, -0.05) is 36.4 Å². The number of carbonyl (C=O) groups excluding carboxylic acids is 1. The normalized spacial score (nSPS) is 11.9. The molecule has 3 rings (SSSR count). The van der Waals surface area contributed by atoms with Crippen LogP contribution in [0.25, 0.3) is 10.9 Å². The number of fused-ring (bicyclic) bond motifs is 1. The second-order valence-electron chi connectivity index (χ2n) is 6.62. The van der Waals surface area contributed by atoms with Gasteiger partial charge in [-0.2, -0.15) is 5.10 Å². The maximum atomic E-state index is 12.4. The highest BCUT2D eigenvalue weighted by Crippen LogP contribution is 2.21. The van der Waals surface area contributed by atoms with Gasteiger partial charge in [0, 0.05) is 19.0 Å². The molecule has 1 heterocycles. The predicted molar refractivity (Wildman–Crippen MR) is 105 cm³/mol. The van der Waals surface area contributed by atoms with E-state index in [0.29, 0.717) is 11.4 Å². The number of nitrogens with zero attached hydrogens (tertiary/aromatic N) is 2. The molecule has 1 amide bonds. The Morgan fingerprint density at radius 1 is 1.18 bits per heavy atom. The van der Waals surface area contributed by atoms with E-state index in [0.717, 1.165) is 16.5 Å². The van der Waals surface area contributed by atoms with E-state index in [1.54, 1.807) is 17.9 Å². The molecule has 0 aliphatic heterocycles. The second kappa shape index (κ2) is 8.56. The Labute approximate surface area is 162 Å². The van der Waals surface area contributed by atoms with Crippen LogP contribution in [0.4, 0.5) is 0 Å². The molecule has 28 heavy (non-hydrogen) atoms. The standard InChI is InChI=1S/C21H23N3O4/c1-24-18-9-5-4-8-16(18)17(23-24)12-20(25)22-13-15(21(26)27)11-14-7-3-6-10-19(14)28-2/h3-10,15H,11-13H2,1-2H3,(H,22,25)(H,26,27). The molecule has 0 aliphatic carbocycles. The molecule has 0 fully saturated rings. The van der Waals surface area contributed by atoms with Gasteiger partial charge in [-0.3, -0.25) is 14.3 Å². The van der Waals surface area contributed by atoms with Gasteiger partial charge >= 0.3 is 5.97 Å². The lowest BCUT2D eigenvalue weighted by atomic mass is 9.98.